The highest BCUT2D eigenvalue weighted by Crippen LogP contribution is 2.32. The molecule has 9 nitrogen and oxygen atoms in total. The number of hydrogen-bond donors (Lipinski definition) is 1. The molecule has 0 bridgehead atoms. The summed E-state index contributed by atoms with van der Waals surface area (Å²) >= 11 is 0. The fraction of sp³-hybridized carbons (Fsp3) is 0.226. The summed E-state index contributed by atoms with van der Waals surface area (Å²) in [7, 11) is -1.26. The van der Waals surface area contributed by atoms with Gasteiger partial charge in [0.25, 0.3) is 15.9 Å². The third-order valence-corrected chi connectivity index (χ3v) is 8.37. The van der Waals surface area contributed by atoms with Crippen molar-refractivity contribution in [3.05, 3.63) is 101 Å². The fourth-order valence-electron chi connectivity index (χ4n) is 4.75. The summed E-state index contributed by atoms with van der Waals surface area (Å²) < 4.78 is 41.1. The van der Waals surface area contributed by atoms with Crippen LogP contribution in [0.3, 0.4) is 0 Å². The Labute approximate surface area is 241 Å². The van der Waals surface area contributed by atoms with Gasteiger partial charge in [-0.05, 0) is 81.3 Å². The summed E-state index contributed by atoms with van der Waals surface area (Å²) in [5.41, 5.74) is 9.03. The van der Waals surface area contributed by atoms with Crippen LogP contribution < -0.4 is 19.2 Å². The lowest BCUT2D eigenvalue weighted by molar-refractivity contribution is -0.119. The lowest BCUT2D eigenvalue weighted by atomic mass is 10.1. The van der Waals surface area contributed by atoms with Crippen molar-refractivity contribution in [3.63, 3.8) is 0 Å². The van der Waals surface area contributed by atoms with Crippen molar-refractivity contribution in [3.8, 4) is 17.2 Å². The monoisotopic (exact) mass is 574 g/mol. The maximum absolute atomic E-state index is 13.7. The molecule has 0 saturated carbocycles. The summed E-state index contributed by atoms with van der Waals surface area (Å²) in [6.07, 6.45) is 1.56. The minimum atomic E-state index is -4.15. The number of hydrogen-bond acceptors (Lipinski definition) is 6. The molecule has 0 aliphatic heterocycles. The zero-order chi connectivity index (χ0) is 29.7. The largest absolute Gasteiger partial charge is 0.493 e. The second kappa shape index (κ2) is 12.3. The molecule has 41 heavy (non-hydrogen) atoms. The fourth-order valence-corrected chi connectivity index (χ4v) is 6.19. The van der Waals surface area contributed by atoms with Crippen LogP contribution in [0.25, 0.3) is 5.69 Å². The summed E-state index contributed by atoms with van der Waals surface area (Å²) in [6, 6.07) is 21.0. The number of aryl methyl sites for hydroxylation is 3. The van der Waals surface area contributed by atoms with Gasteiger partial charge in [-0.15, -0.1) is 0 Å². The van der Waals surface area contributed by atoms with Gasteiger partial charge in [-0.1, -0.05) is 24.3 Å². The summed E-state index contributed by atoms with van der Waals surface area (Å²) in [6.45, 7) is 7.64. The molecule has 4 aromatic rings. The first-order chi connectivity index (χ1) is 19.5. The van der Waals surface area contributed by atoms with Crippen LogP contribution in [0.1, 0.15) is 28.1 Å². The van der Waals surface area contributed by atoms with Gasteiger partial charge in [0.05, 0.1) is 31.0 Å². The Morgan fingerprint density at radius 1 is 0.902 bits per heavy atom. The maximum Gasteiger partial charge on any atom is 0.264 e. The Kier molecular flexibility index (Phi) is 8.83. The lowest BCUT2D eigenvalue weighted by Crippen LogP contribution is -2.39. The van der Waals surface area contributed by atoms with E-state index in [1.807, 2.05) is 19.9 Å². The Morgan fingerprint density at radius 3 is 2.20 bits per heavy atom. The zero-order valence-corrected chi connectivity index (χ0v) is 24.8. The molecule has 214 valence electrons. The number of hydrazone groups is 1. The molecule has 10 heteroatoms. The number of anilines is 1. The van der Waals surface area contributed by atoms with E-state index in [2.05, 4.69) is 47.1 Å². The average molecular weight is 575 g/mol. The van der Waals surface area contributed by atoms with Gasteiger partial charge in [0.2, 0.25) is 0 Å². The van der Waals surface area contributed by atoms with Gasteiger partial charge in [0, 0.05) is 28.7 Å². The molecule has 0 radical (unpaired) electrons. The van der Waals surface area contributed by atoms with E-state index in [-0.39, 0.29) is 10.6 Å². The van der Waals surface area contributed by atoms with Crippen LogP contribution in [0.15, 0.2) is 82.8 Å². The minimum Gasteiger partial charge on any atom is -0.493 e. The van der Waals surface area contributed by atoms with Crippen LogP contribution in [-0.4, -0.2) is 45.9 Å². The Morgan fingerprint density at radius 2 is 1.56 bits per heavy atom. The van der Waals surface area contributed by atoms with Crippen molar-refractivity contribution in [1.29, 1.82) is 0 Å². The number of rotatable bonds is 10. The van der Waals surface area contributed by atoms with Gasteiger partial charge in [-0.2, -0.15) is 5.10 Å². The number of carbonyl (C=O) groups is 1. The van der Waals surface area contributed by atoms with Crippen LogP contribution in [0.2, 0.25) is 0 Å². The topological polar surface area (TPSA) is 102 Å². The van der Waals surface area contributed by atoms with E-state index in [1.54, 1.807) is 36.5 Å². The summed E-state index contributed by atoms with van der Waals surface area (Å²) in [5.74, 6) is 0.0491. The van der Waals surface area contributed by atoms with Gasteiger partial charge in [-0.25, -0.2) is 13.8 Å². The number of methoxy groups -OCH3 is 2. The van der Waals surface area contributed by atoms with Crippen LogP contribution in [0.4, 0.5) is 5.69 Å². The molecule has 1 aromatic heterocycles. The highest BCUT2D eigenvalue weighted by molar-refractivity contribution is 7.92. The van der Waals surface area contributed by atoms with E-state index in [4.69, 9.17) is 9.47 Å². The van der Waals surface area contributed by atoms with Crippen LogP contribution >= 0.6 is 0 Å². The van der Waals surface area contributed by atoms with E-state index in [9.17, 15) is 13.2 Å². The van der Waals surface area contributed by atoms with E-state index in [0.717, 1.165) is 26.9 Å². The quantitative estimate of drug-likeness (QED) is 0.210. The molecule has 1 N–H and O–H groups in total. The highest BCUT2D eigenvalue weighted by Gasteiger charge is 2.28. The molecule has 1 amide bonds. The Hall–Kier alpha value is -4.57. The molecule has 0 saturated heterocycles. The molecule has 1 heterocycles. The first-order valence-corrected chi connectivity index (χ1v) is 14.4. The first kappa shape index (κ1) is 29.4. The van der Waals surface area contributed by atoms with Crippen LogP contribution in [-0.2, 0) is 14.8 Å². The number of ether oxygens (including phenoxy) is 2. The highest BCUT2D eigenvalue weighted by atomic mass is 32.2. The summed E-state index contributed by atoms with van der Waals surface area (Å²) in [5, 5.41) is 4.14. The standard InChI is InChI=1S/C31H34N4O5S/c1-21-14-22(2)16-27(15-21)35-23(3)17-25(24(35)4)19-32-33-31(36)20-34(26-10-8-7-9-11-26)41(37,38)28-12-13-29(39-5)30(18-28)40-6/h7-19H,20H2,1-6H3,(H,33,36)/b32-19-. The first-order valence-electron chi connectivity index (χ1n) is 12.9. The molecular weight excluding hydrogens is 540 g/mol. The van der Waals surface area contributed by atoms with Crippen molar-refractivity contribution in [1.82, 2.24) is 9.99 Å². The molecule has 3 aromatic carbocycles. The normalized spacial score (nSPS) is 11.5. The number of aromatic nitrogens is 1. The van der Waals surface area contributed by atoms with Crippen molar-refractivity contribution < 1.29 is 22.7 Å². The number of benzene rings is 3. The number of carbonyl (C=O) groups excluding carboxylic acids is 1. The lowest BCUT2D eigenvalue weighted by Gasteiger charge is -2.24. The van der Waals surface area contributed by atoms with Crippen molar-refractivity contribution in [2.24, 2.45) is 5.10 Å². The SMILES string of the molecule is COc1ccc(S(=O)(=O)N(CC(=O)N/N=C\c2cc(C)n(-c3cc(C)cc(C)c3)c2C)c2ccccc2)cc1OC. The number of amides is 1. The molecular formula is C31H34N4O5S. The molecule has 0 aliphatic rings. The van der Waals surface area contributed by atoms with Crippen LogP contribution in [0.5, 0.6) is 11.5 Å². The van der Waals surface area contributed by atoms with Gasteiger partial charge in [0.1, 0.15) is 6.54 Å². The average Bonchev–Trinajstić information content (AvgIpc) is 3.23. The predicted molar refractivity (Wildman–Crippen MR) is 161 cm³/mol. The van der Waals surface area contributed by atoms with E-state index < -0.39 is 22.5 Å². The minimum absolute atomic E-state index is 0.0471. The number of para-hydroxylation sites is 1. The van der Waals surface area contributed by atoms with Crippen molar-refractivity contribution in [2.75, 3.05) is 25.1 Å². The second-order valence-electron chi connectivity index (χ2n) is 9.66. The predicted octanol–water partition coefficient (Wildman–Crippen LogP) is 5.07. The number of sulfonamides is 1. The third-order valence-electron chi connectivity index (χ3n) is 6.60. The summed E-state index contributed by atoms with van der Waals surface area (Å²) in [4.78, 5) is 12.9. The molecule has 0 fully saturated rings. The Balaban J connectivity index is 1.57. The number of nitrogens with one attached hydrogen (secondary N) is 1. The van der Waals surface area contributed by atoms with E-state index in [0.29, 0.717) is 11.4 Å². The number of nitrogens with zero attached hydrogens (tertiary/aromatic N) is 3. The molecule has 0 unspecified atom stereocenters. The zero-order valence-electron chi connectivity index (χ0n) is 24.0. The van der Waals surface area contributed by atoms with Gasteiger partial charge in [-0.3, -0.25) is 9.10 Å². The molecule has 0 spiro atoms. The van der Waals surface area contributed by atoms with Crippen molar-refractivity contribution >= 4 is 27.8 Å². The van der Waals surface area contributed by atoms with Crippen molar-refractivity contribution in [2.45, 2.75) is 32.6 Å². The smallest absolute Gasteiger partial charge is 0.264 e. The Bertz CT molecular complexity index is 1670. The third kappa shape index (κ3) is 6.44. The second-order valence-corrected chi connectivity index (χ2v) is 11.5. The molecule has 4 rings (SSSR count). The molecule has 0 aliphatic carbocycles. The van der Waals surface area contributed by atoms with E-state index >= 15 is 0 Å². The van der Waals surface area contributed by atoms with Crippen LogP contribution in [0, 0.1) is 27.7 Å². The maximum atomic E-state index is 13.7. The van der Waals surface area contributed by atoms with Gasteiger partial charge in [0.15, 0.2) is 11.5 Å². The van der Waals surface area contributed by atoms with Gasteiger partial charge < -0.3 is 14.0 Å². The van der Waals surface area contributed by atoms with E-state index in [1.165, 1.54) is 43.5 Å². The molecule has 0 atom stereocenters. The van der Waals surface area contributed by atoms with Gasteiger partial charge >= 0.3 is 0 Å².